The van der Waals surface area contributed by atoms with Crippen molar-refractivity contribution in [1.82, 2.24) is 4.90 Å². The van der Waals surface area contributed by atoms with Gasteiger partial charge in [0.25, 0.3) is 15.9 Å². The highest BCUT2D eigenvalue weighted by molar-refractivity contribution is 7.92. The number of ketones is 1. The van der Waals surface area contributed by atoms with Gasteiger partial charge in [-0.3, -0.25) is 14.3 Å². The van der Waals surface area contributed by atoms with Crippen LogP contribution in [0.25, 0.3) is 0 Å². The Morgan fingerprint density at radius 3 is 2.23 bits per heavy atom. The van der Waals surface area contributed by atoms with Gasteiger partial charge in [-0.05, 0) is 74.9 Å². The largest absolute Gasteiger partial charge is 0.339 e. The molecular weight excluding hydrogens is 567 g/mol. The van der Waals surface area contributed by atoms with Gasteiger partial charge in [0.05, 0.1) is 15.6 Å². The van der Waals surface area contributed by atoms with Crippen LogP contribution in [-0.2, 0) is 16.4 Å². The molecule has 0 atom stereocenters. The van der Waals surface area contributed by atoms with Crippen molar-refractivity contribution in [2.24, 2.45) is 5.92 Å². The van der Waals surface area contributed by atoms with Gasteiger partial charge in [0.1, 0.15) is 4.90 Å². The molecule has 0 saturated carbocycles. The van der Waals surface area contributed by atoms with Gasteiger partial charge in [-0.25, -0.2) is 8.42 Å². The van der Waals surface area contributed by atoms with Crippen LogP contribution in [0.3, 0.4) is 0 Å². The number of rotatable bonds is 9. The SMILES string of the molecule is CCCCc1ccc(NS(=O)(=O)c2cc(C(=O)N3CCC(C(=O)c4ccc(C)cc4C)CC3)c(Cl)cc2Cl)cc1. The number of nitrogens with zero attached hydrogens (tertiary/aromatic N) is 1. The van der Waals surface area contributed by atoms with Gasteiger partial charge in [0, 0.05) is 30.3 Å². The summed E-state index contributed by atoms with van der Waals surface area (Å²) in [6.45, 7) is 6.78. The fourth-order valence-corrected chi connectivity index (χ4v) is 6.97. The number of nitrogens with one attached hydrogen (secondary N) is 1. The number of halogens is 2. The van der Waals surface area contributed by atoms with E-state index < -0.39 is 15.9 Å². The van der Waals surface area contributed by atoms with Gasteiger partial charge in [0.15, 0.2) is 5.78 Å². The Balaban J connectivity index is 1.47. The first-order valence-corrected chi connectivity index (χ1v) is 15.8. The van der Waals surface area contributed by atoms with E-state index in [0.29, 0.717) is 37.2 Å². The number of benzene rings is 3. The second-order valence-electron chi connectivity index (χ2n) is 10.4. The molecule has 1 saturated heterocycles. The molecular formula is C31H34Cl2N2O4S. The lowest BCUT2D eigenvalue weighted by molar-refractivity contribution is 0.0650. The molecule has 3 aromatic carbocycles. The second-order valence-corrected chi connectivity index (χ2v) is 12.9. The van der Waals surface area contributed by atoms with Crippen LogP contribution in [0.1, 0.15) is 70.0 Å². The zero-order valence-corrected chi connectivity index (χ0v) is 25.3. The van der Waals surface area contributed by atoms with Gasteiger partial charge in [-0.15, -0.1) is 0 Å². The number of unbranched alkanes of at least 4 members (excludes halogenated alkanes) is 1. The number of carbonyl (C=O) groups is 2. The first kappa shape index (κ1) is 30.1. The summed E-state index contributed by atoms with van der Waals surface area (Å²) in [4.78, 5) is 27.9. The van der Waals surface area contributed by atoms with Crippen LogP contribution in [0, 0.1) is 19.8 Å². The monoisotopic (exact) mass is 600 g/mol. The van der Waals surface area contributed by atoms with Crippen molar-refractivity contribution in [3.8, 4) is 0 Å². The summed E-state index contributed by atoms with van der Waals surface area (Å²) in [7, 11) is -4.09. The Morgan fingerprint density at radius 1 is 0.925 bits per heavy atom. The first-order chi connectivity index (χ1) is 19.0. The Labute approximate surface area is 246 Å². The van der Waals surface area contributed by atoms with Crippen LogP contribution < -0.4 is 4.72 Å². The molecule has 1 aliphatic heterocycles. The zero-order chi connectivity index (χ0) is 29.0. The number of likely N-dealkylation sites (tertiary alicyclic amines) is 1. The highest BCUT2D eigenvalue weighted by atomic mass is 35.5. The molecule has 1 aliphatic rings. The maximum Gasteiger partial charge on any atom is 0.263 e. The minimum absolute atomic E-state index is 0.0560. The summed E-state index contributed by atoms with van der Waals surface area (Å²) in [5.74, 6) is -0.484. The average molecular weight is 602 g/mol. The smallest absolute Gasteiger partial charge is 0.263 e. The fraction of sp³-hybridized carbons (Fsp3) is 0.355. The van der Waals surface area contributed by atoms with Crippen LogP contribution in [0.15, 0.2) is 59.5 Å². The number of sulfonamides is 1. The third-order valence-electron chi connectivity index (χ3n) is 7.37. The van der Waals surface area contributed by atoms with Gasteiger partial charge in [-0.1, -0.05) is 72.4 Å². The van der Waals surface area contributed by atoms with Gasteiger partial charge in [-0.2, -0.15) is 0 Å². The van der Waals surface area contributed by atoms with E-state index >= 15 is 0 Å². The van der Waals surface area contributed by atoms with E-state index in [1.54, 1.807) is 17.0 Å². The van der Waals surface area contributed by atoms with Crippen LogP contribution in [0.2, 0.25) is 10.0 Å². The predicted octanol–water partition coefficient (Wildman–Crippen LogP) is 7.49. The van der Waals surface area contributed by atoms with Crippen molar-refractivity contribution in [3.63, 3.8) is 0 Å². The third kappa shape index (κ3) is 6.88. The van der Waals surface area contributed by atoms with E-state index in [4.69, 9.17) is 23.2 Å². The molecule has 0 radical (unpaired) electrons. The van der Waals surface area contributed by atoms with Crippen molar-refractivity contribution in [3.05, 3.63) is 92.5 Å². The topological polar surface area (TPSA) is 83.6 Å². The molecule has 0 aromatic heterocycles. The van der Waals surface area contributed by atoms with Crippen LogP contribution in [0.5, 0.6) is 0 Å². The van der Waals surface area contributed by atoms with Gasteiger partial charge in [0.2, 0.25) is 0 Å². The summed E-state index contributed by atoms with van der Waals surface area (Å²) in [6, 6.07) is 15.5. The number of Topliss-reactive ketones (excluding diaryl/α,β-unsaturated/α-hetero) is 1. The molecule has 1 heterocycles. The van der Waals surface area contributed by atoms with E-state index in [2.05, 4.69) is 11.6 Å². The van der Waals surface area contributed by atoms with Gasteiger partial charge < -0.3 is 4.90 Å². The number of amides is 1. The minimum atomic E-state index is -4.09. The molecule has 40 heavy (non-hydrogen) atoms. The maximum absolute atomic E-state index is 13.4. The number of aryl methyl sites for hydroxylation is 3. The lowest BCUT2D eigenvalue weighted by Gasteiger charge is -2.32. The summed E-state index contributed by atoms with van der Waals surface area (Å²) >= 11 is 12.7. The van der Waals surface area contributed by atoms with Crippen molar-refractivity contribution in [1.29, 1.82) is 0 Å². The standard InChI is InChI=1S/C31H34Cl2N2O4S/c1-4-5-6-22-8-10-24(11-9-22)34-40(38,39)29-18-26(27(32)19-28(29)33)31(37)35-15-13-23(14-16-35)30(36)25-12-7-20(2)17-21(25)3/h7-12,17-19,23,34H,4-6,13-16H2,1-3H3. The van der Waals surface area contributed by atoms with Crippen molar-refractivity contribution < 1.29 is 18.0 Å². The summed E-state index contributed by atoms with van der Waals surface area (Å²) in [6.07, 6.45) is 4.10. The Kier molecular flexibility index (Phi) is 9.60. The lowest BCUT2D eigenvalue weighted by Crippen LogP contribution is -2.40. The molecule has 4 rings (SSSR count). The number of hydrogen-bond acceptors (Lipinski definition) is 4. The Bertz CT molecular complexity index is 1510. The van der Waals surface area contributed by atoms with Crippen molar-refractivity contribution in [2.75, 3.05) is 17.8 Å². The molecule has 6 nitrogen and oxygen atoms in total. The molecule has 0 spiro atoms. The summed E-state index contributed by atoms with van der Waals surface area (Å²) in [5.41, 5.74) is 4.35. The molecule has 0 aliphatic carbocycles. The average Bonchev–Trinajstić information content (AvgIpc) is 2.92. The molecule has 1 amide bonds. The predicted molar refractivity (Wildman–Crippen MR) is 161 cm³/mol. The Morgan fingerprint density at radius 2 is 1.60 bits per heavy atom. The molecule has 3 aromatic rings. The van der Waals surface area contributed by atoms with E-state index in [-0.39, 0.29) is 32.2 Å². The first-order valence-electron chi connectivity index (χ1n) is 13.5. The number of piperidine rings is 1. The van der Waals surface area contributed by atoms with E-state index in [9.17, 15) is 18.0 Å². The molecule has 0 unspecified atom stereocenters. The number of hydrogen-bond donors (Lipinski definition) is 1. The van der Waals surface area contributed by atoms with Crippen LogP contribution in [0.4, 0.5) is 5.69 Å². The zero-order valence-electron chi connectivity index (χ0n) is 23.0. The van der Waals surface area contributed by atoms with E-state index in [1.165, 1.54) is 12.1 Å². The van der Waals surface area contributed by atoms with E-state index in [1.807, 2.05) is 44.2 Å². The molecule has 0 bridgehead atoms. The number of anilines is 1. The molecule has 9 heteroatoms. The third-order valence-corrected chi connectivity index (χ3v) is 9.53. The van der Waals surface area contributed by atoms with Gasteiger partial charge >= 0.3 is 0 Å². The molecule has 212 valence electrons. The highest BCUT2D eigenvalue weighted by Crippen LogP contribution is 2.32. The van der Waals surface area contributed by atoms with E-state index in [0.717, 1.165) is 36.0 Å². The molecule has 1 fully saturated rings. The lowest BCUT2D eigenvalue weighted by atomic mass is 9.87. The summed E-state index contributed by atoms with van der Waals surface area (Å²) < 4.78 is 29.0. The highest BCUT2D eigenvalue weighted by Gasteiger charge is 2.31. The fourth-order valence-electron chi connectivity index (χ4n) is 5.05. The second kappa shape index (κ2) is 12.8. The van der Waals surface area contributed by atoms with Crippen molar-refractivity contribution in [2.45, 2.75) is 57.8 Å². The Hall–Kier alpha value is -2.87. The quantitative estimate of drug-likeness (QED) is 0.258. The molecule has 1 N–H and O–H groups in total. The van der Waals surface area contributed by atoms with Crippen LogP contribution >= 0.6 is 23.2 Å². The normalized spacial score (nSPS) is 14.3. The van der Waals surface area contributed by atoms with Crippen molar-refractivity contribution >= 4 is 50.6 Å². The van der Waals surface area contributed by atoms with Crippen LogP contribution in [-0.4, -0.2) is 38.1 Å². The minimum Gasteiger partial charge on any atom is -0.339 e. The maximum atomic E-state index is 13.4. The summed E-state index contributed by atoms with van der Waals surface area (Å²) in [5, 5.41) is -0.00547. The number of carbonyl (C=O) groups excluding carboxylic acids is 2.